The van der Waals surface area contributed by atoms with E-state index < -0.39 is 0 Å². The highest BCUT2D eigenvalue weighted by atomic mass is 32.2. The molecule has 2 unspecified atom stereocenters. The smallest absolute Gasteiger partial charge is 0.0281 e. The molecule has 1 saturated carbocycles. The van der Waals surface area contributed by atoms with Gasteiger partial charge in [0, 0.05) is 23.4 Å². The van der Waals surface area contributed by atoms with Gasteiger partial charge < -0.3 is 10.6 Å². The molecule has 2 N–H and O–H groups in total. The number of nitrogens with one attached hydrogen (secondary N) is 2. The van der Waals surface area contributed by atoms with Crippen molar-refractivity contribution in [1.29, 1.82) is 0 Å². The van der Waals surface area contributed by atoms with Crippen molar-refractivity contribution in [2.45, 2.75) is 68.7 Å². The van der Waals surface area contributed by atoms with Crippen LogP contribution >= 0.6 is 11.8 Å². The molecule has 0 aromatic rings. The third kappa shape index (κ3) is 3.87. The van der Waals surface area contributed by atoms with E-state index in [2.05, 4.69) is 35.6 Å². The fourth-order valence-corrected chi connectivity index (χ4v) is 3.94. The first-order valence-electron chi connectivity index (χ1n) is 7.26. The van der Waals surface area contributed by atoms with E-state index >= 15 is 0 Å². The van der Waals surface area contributed by atoms with Crippen LogP contribution < -0.4 is 10.6 Å². The molecule has 1 heterocycles. The van der Waals surface area contributed by atoms with Gasteiger partial charge in [0.15, 0.2) is 0 Å². The second-order valence-corrected chi connectivity index (χ2v) is 7.18. The van der Waals surface area contributed by atoms with Crippen molar-refractivity contribution in [3.63, 3.8) is 0 Å². The SMILES string of the molecule is CSC1(CNC(C)CC2CCCCN2)CCC1. The van der Waals surface area contributed by atoms with E-state index in [-0.39, 0.29) is 0 Å². The van der Waals surface area contributed by atoms with E-state index in [4.69, 9.17) is 0 Å². The Bertz CT molecular complexity index is 217. The summed E-state index contributed by atoms with van der Waals surface area (Å²) in [5.41, 5.74) is 0. The van der Waals surface area contributed by atoms with Crippen molar-refractivity contribution >= 4 is 11.8 Å². The summed E-state index contributed by atoms with van der Waals surface area (Å²) in [7, 11) is 0. The van der Waals surface area contributed by atoms with Crippen LogP contribution in [0.2, 0.25) is 0 Å². The Morgan fingerprint density at radius 1 is 1.35 bits per heavy atom. The Morgan fingerprint density at radius 2 is 2.18 bits per heavy atom. The van der Waals surface area contributed by atoms with Crippen LogP contribution in [0.15, 0.2) is 0 Å². The summed E-state index contributed by atoms with van der Waals surface area (Å²) >= 11 is 2.07. The van der Waals surface area contributed by atoms with Crippen LogP contribution in [0.25, 0.3) is 0 Å². The third-order valence-electron chi connectivity index (χ3n) is 4.52. The predicted octanol–water partition coefficient (Wildman–Crippen LogP) is 2.78. The molecule has 0 spiro atoms. The number of hydrogen-bond donors (Lipinski definition) is 2. The van der Waals surface area contributed by atoms with E-state index in [1.807, 2.05) is 0 Å². The van der Waals surface area contributed by atoms with Crippen molar-refractivity contribution in [3.8, 4) is 0 Å². The number of thioether (sulfide) groups is 1. The lowest BCUT2D eigenvalue weighted by Gasteiger charge is -2.41. The van der Waals surface area contributed by atoms with E-state index in [9.17, 15) is 0 Å². The average molecular weight is 256 g/mol. The van der Waals surface area contributed by atoms with E-state index in [0.29, 0.717) is 10.8 Å². The van der Waals surface area contributed by atoms with E-state index in [1.165, 1.54) is 58.0 Å². The lowest BCUT2D eigenvalue weighted by molar-refractivity contribution is 0.305. The van der Waals surface area contributed by atoms with Crippen molar-refractivity contribution in [3.05, 3.63) is 0 Å². The Labute approximate surface area is 111 Å². The molecule has 0 aromatic carbocycles. The standard InChI is InChI=1S/C14H28N2S/c1-12(10-13-6-3-4-9-15-13)16-11-14(17-2)7-5-8-14/h12-13,15-16H,3-11H2,1-2H3. The van der Waals surface area contributed by atoms with Crippen LogP contribution in [0.5, 0.6) is 0 Å². The molecule has 3 heteroatoms. The minimum atomic E-state index is 0.578. The molecule has 2 nitrogen and oxygen atoms in total. The summed E-state index contributed by atoms with van der Waals surface area (Å²) in [6.07, 6.45) is 12.0. The van der Waals surface area contributed by atoms with Gasteiger partial charge in [-0.15, -0.1) is 0 Å². The van der Waals surface area contributed by atoms with Crippen molar-refractivity contribution < 1.29 is 0 Å². The van der Waals surface area contributed by atoms with Gasteiger partial charge in [-0.25, -0.2) is 0 Å². The minimum absolute atomic E-state index is 0.578. The normalized spacial score (nSPS) is 29.6. The first-order chi connectivity index (χ1) is 8.24. The summed E-state index contributed by atoms with van der Waals surface area (Å²) in [5.74, 6) is 0. The maximum Gasteiger partial charge on any atom is 0.0281 e. The Balaban J connectivity index is 1.64. The molecule has 2 atom stereocenters. The minimum Gasteiger partial charge on any atom is -0.314 e. The molecule has 0 bridgehead atoms. The van der Waals surface area contributed by atoms with Crippen molar-refractivity contribution in [1.82, 2.24) is 10.6 Å². The van der Waals surface area contributed by atoms with E-state index in [1.54, 1.807) is 0 Å². The monoisotopic (exact) mass is 256 g/mol. The fraction of sp³-hybridized carbons (Fsp3) is 1.00. The zero-order valence-electron chi connectivity index (χ0n) is 11.4. The van der Waals surface area contributed by atoms with Crippen molar-refractivity contribution in [2.24, 2.45) is 0 Å². The van der Waals surface area contributed by atoms with Gasteiger partial charge >= 0.3 is 0 Å². The Hall–Kier alpha value is 0.270. The second-order valence-electron chi connectivity index (χ2n) is 5.91. The van der Waals surface area contributed by atoms with Crippen LogP contribution in [0, 0.1) is 0 Å². The zero-order valence-corrected chi connectivity index (χ0v) is 12.2. The maximum absolute atomic E-state index is 3.76. The maximum atomic E-state index is 3.76. The first-order valence-corrected chi connectivity index (χ1v) is 8.48. The van der Waals surface area contributed by atoms with Gasteiger partial charge in [-0.2, -0.15) is 11.8 Å². The molecule has 1 saturated heterocycles. The second kappa shape index (κ2) is 6.44. The van der Waals surface area contributed by atoms with Gasteiger partial charge in [0.25, 0.3) is 0 Å². The summed E-state index contributed by atoms with van der Waals surface area (Å²) in [5, 5.41) is 7.41. The molecule has 100 valence electrons. The predicted molar refractivity (Wildman–Crippen MR) is 77.8 cm³/mol. The summed E-state index contributed by atoms with van der Waals surface area (Å²) in [6.45, 7) is 4.79. The lowest BCUT2D eigenvalue weighted by Crippen LogP contribution is -2.47. The summed E-state index contributed by atoms with van der Waals surface area (Å²) < 4.78 is 0.578. The number of hydrogen-bond acceptors (Lipinski definition) is 3. The molecule has 0 radical (unpaired) electrons. The van der Waals surface area contributed by atoms with Gasteiger partial charge in [0.1, 0.15) is 0 Å². The van der Waals surface area contributed by atoms with Gasteiger partial charge in [0.2, 0.25) is 0 Å². The Kier molecular flexibility index (Phi) is 5.19. The quantitative estimate of drug-likeness (QED) is 0.764. The lowest BCUT2D eigenvalue weighted by atomic mass is 9.84. The molecule has 2 aliphatic rings. The van der Waals surface area contributed by atoms with Crippen LogP contribution in [0.1, 0.15) is 51.9 Å². The topological polar surface area (TPSA) is 24.1 Å². The molecule has 0 amide bonds. The van der Waals surface area contributed by atoms with Gasteiger partial charge in [0.05, 0.1) is 0 Å². The number of rotatable bonds is 6. The molecule has 1 aliphatic heterocycles. The highest BCUT2D eigenvalue weighted by Crippen LogP contribution is 2.42. The molecule has 17 heavy (non-hydrogen) atoms. The van der Waals surface area contributed by atoms with Crippen molar-refractivity contribution in [2.75, 3.05) is 19.3 Å². The highest BCUT2D eigenvalue weighted by molar-refractivity contribution is 8.00. The number of piperidine rings is 1. The molecule has 2 rings (SSSR count). The van der Waals surface area contributed by atoms with Gasteiger partial charge in [-0.1, -0.05) is 12.8 Å². The average Bonchev–Trinajstić information content (AvgIpc) is 2.29. The molecule has 0 aromatic heterocycles. The van der Waals surface area contributed by atoms with Crippen LogP contribution in [-0.4, -0.2) is 36.2 Å². The summed E-state index contributed by atoms with van der Waals surface area (Å²) in [4.78, 5) is 0. The fourth-order valence-electron chi connectivity index (χ4n) is 3.02. The molecule has 2 fully saturated rings. The van der Waals surface area contributed by atoms with Crippen LogP contribution in [0.3, 0.4) is 0 Å². The first kappa shape index (κ1) is 13.7. The van der Waals surface area contributed by atoms with E-state index in [0.717, 1.165) is 6.04 Å². The Morgan fingerprint density at radius 3 is 2.71 bits per heavy atom. The molecular formula is C14H28N2S. The van der Waals surface area contributed by atoms with Gasteiger partial charge in [-0.05, 0) is 51.8 Å². The summed E-state index contributed by atoms with van der Waals surface area (Å²) in [6, 6.07) is 1.42. The van der Waals surface area contributed by atoms with Gasteiger partial charge in [-0.3, -0.25) is 0 Å². The molecule has 1 aliphatic carbocycles. The third-order valence-corrected chi connectivity index (χ3v) is 5.94. The van der Waals surface area contributed by atoms with Crippen LogP contribution in [-0.2, 0) is 0 Å². The molecular weight excluding hydrogens is 228 g/mol. The largest absolute Gasteiger partial charge is 0.314 e. The highest BCUT2D eigenvalue weighted by Gasteiger charge is 2.36. The van der Waals surface area contributed by atoms with Crippen LogP contribution in [0.4, 0.5) is 0 Å². The zero-order chi connectivity index (χ0) is 12.1.